The lowest BCUT2D eigenvalue weighted by atomic mass is 9.89. The summed E-state index contributed by atoms with van der Waals surface area (Å²) < 4.78 is 1.18. The summed E-state index contributed by atoms with van der Waals surface area (Å²) in [4.78, 5) is 0. The van der Waals surface area contributed by atoms with Crippen LogP contribution in [0.3, 0.4) is 0 Å². The van der Waals surface area contributed by atoms with Crippen molar-refractivity contribution in [2.24, 2.45) is 11.8 Å². The fraction of sp³-hybridized carbons (Fsp3) is 0.600. The van der Waals surface area contributed by atoms with Crippen molar-refractivity contribution in [3.63, 3.8) is 0 Å². The molecule has 17 heavy (non-hydrogen) atoms. The summed E-state index contributed by atoms with van der Waals surface area (Å²) in [6, 6.07) is 8.83. The normalized spacial score (nSPS) is 24.1. The van der Waals surface area contributed by atoms with Crippen molar-refractivity contribution in [2.45, 2.75) is 32.6 Å². The van der Waals surface area contributed by atoms with Crippen molar-refractivity contribution in [3.05, 3.63) is 34.3 Å². The first-order chi connectivity index (χ1) is 8.29. The molecular weight excluding hydrogens is 274 g/mol. The maximum atomic E-state index is 3.51. The van der Waals surface area contributed by atoms with Crippen molar-refractivity contribution in [1.29, 1.82) is 0 Å². The second-order valence-electron chi connectivity index (χ2n) is 5.09. The van der Waals surface area contributed by atoms with E-state index < -0.39 is 0 Å². The molecular formula is C15H22BrN. The SMILES string of the molecule is CCNCC1CCCC1Cc1ccc(Br)cc1. The third kappa shape index (κ3) is 3.82. The average Bonchev–Trinajstić information content (AvgIpc) is 2.77. The van der Waals surface area contributed by atoms with Gasteiger partial charge in [-0.05, 0) is 61.9 Å². The fourth-order valence-corrected chi connectivity index (χ4v) is 3.17. The van der Waals surface area contributed by atoms with Gasteiger partial charge in [0, 0.05) is 4.47 Å². The lowest BCUT2D eigenvalue weighted by Crippen LogP contribution is -2.25. The minimum atomic E-state index is 0.884. The molecule has 94 valence electrons. The summed E-state index contributed by atoms with van der Waals surface area (Å²) in [6.45, 7) is 4.50. The van der Waals surface area contributed by atoms with E-state index in [2.05, 4.69) is 52.4 Å². The van der Waals surface area contributed by atoms with Crippen LogP contribution in [0.25, 0.3) is 0 Å². The van der Waals surface area contributed by atoms with E-state index in [4.69, 9.17) is 0 Å². The van der Waals surface area contributed by atoms with Crippen molar-refractivity contribution in [1.82, 2.24) is 5.32 Å². The van der Waals surface area contributed by atoms with Gasteiger partial charge in [-0.1, -0.05) is 41.4 Å². The molecule has 1 saturated carbocycles. The Bertz CT molecular complexity index is 333. The molecule has 2 unspecified atom stereocenters. The second kappa shape index (κ2) is 6.55. The smallest absolute Gasteiger partial charge is 0.0175 e. The maximum Gasteiger partial charge on any atom is 0.0175 e. The van der Waals surface area contributed by atoms with Crippen LogP contribution in [0.2, 0.25) is 0 Å². The highest BCUT2D eigenvalue weighted by atomic mass is 79.9. The average molecular weight is 296 g/mol. The molecule has 2 rings (SSSR count). The minimum absolute atomic E-state index is 0.884. The van der Waals surface area contributed by atoms with Gasteiger partial charge in [-0.3, -0.25) is 0 Å². The van der Waals surface area contributed by atoms with Gasteiger partial charge in [-0.2, -0.15) is 0 Å². The van der Waals surface area contributed by atoms with E-state index in [1.807, 2.05) is 0 Å². The van der Waals surface area contributed by atoms with Gasteiger partial charge >= 0.3 is 0 Å². The number of hydrogen-bond acceptors (Lipinski definition) is 1. The molecule has 0 aliphatic heterocycles. The molecule has 0 radical (unpaired) electrons. The van der Waals surface area contributed by atoms with Crippen molar-refractivity contribution in [3.8, 4) is 0 Å². The van der Waals surface area contributed by atoms with Crippen LogP contribution >= 0.6 is 15.9 Å². The Morgan fingerprint density at radius 1 is 1.18 bits per heavy atom. The summed E-state index contributed by atoms with van der Waals surface area (Å²) in [5, 5.41) is 3.51. The van der Waals surface area contributed by atoms with Crippen LogP contribution in [0.15, 0.2) is 28.7 Å². The molecule has 0 saturated heterocycles. The number of rotatable bonds is 5. The monoisotopic (exact) mass is 295 g/mol. The van der Waals surface area contributed by atoms with Gasteiger partial charge in [-0.15, -0.1) is 0 Å². The zero-order valence-corrected chi connectivity index (χ0v) is 12.2. The first-order valence-electron chi connectivity index (χ1n) is 6.74. The zero-order chi connectivity index (χ0) is 12.1. The molecule has 1 aliphatic rings. The summed E-state index contributed by atoms with van der Waals surface area (Å²) in [5.41, 5.74) is 1.49. The highest BCUT2D eigenvalue weighted by Crippen LogP contribution is 2.33. The Balaban J connectivity index is 1.90. The summed E-state index contributed by atoms with van der Waals surface area (Å²) in [6.07, 6.45) is 5.49. The van der Waals surface area contributed by atoms with E-state index in [9.17, 15) is 0 Å². The van der Waals surface area contributed by atoms with Crippen LogP contribution in [-0.4, -0.2) is 13.1 Å². The van der Waals surface area contributed by atoms with Crippen LogP contribution < -0.4 is 5.32 Å². The molecule has 2 heteroatoms. The van der Waals surface area contributed by atoms with Gasteiger partial charge < -0.3 is 5.32 Å². The molecule has 1 N–H and O–H groups in total. The van der Waals surface area contributed by atoms with E-state index in [1.165, 1.54) is 42.3 Å². The van der Waals surface area contributed by atoms with Gasteiger partial charge in [0.25, 0.3) is 0 Å². The third-order valence-electron chi connectivity index (χ3n) is 3.88. The van der Waals surface area contributed by atoms with Crippen LogP contribution in [0.5, 0.6) is 0 Å². The summed E-state index contributed by atoms with van der Waals surface area (Å²) in [5.74, 6) is 1.77. The van der Waals surface area contributed by atoms with E-state index in [0.29, 0.717) is 0 Å². The fourth-order valence-electron chi connectivity index (χ4n) is 2.90. The van der Waals surface area contributed by atoms with Gasteiger partial charge in [0.2, 0.25) is 0 Å². The largest absolute Gasteiger partial charge is 0.317 e. The molecule has 1 aliphatic carbocycles. The molecule has 0 heterocycles. The van der Waals surface area contributed by atoms with Gasteiger partial charge in [-0.25, -0.2) is 0 Å². The van der Waals surface area contributed by atoms with Crippen molar-refractivity contribution >= 4 is 15.9 Å². The predicted octanol–water partition coefficient (Wildman–Crippen LogP) is 4.02. The van der Waals surface area contributed by atoms with E-state index in [0.717, 1.165) is 18.4 Å². The molecule has 1 aromatic rings. The summed E-state index contributed by atoms with van der Waals surface area (Å²) >= 11 is 3.49. The maximum absolute atomic E-state index is 3.51. The van der Waals surface area contributed by atoms with Crippen molar-refractivity contribution < 1.29 is 0 Å². The number of benzene rings is 1. The quantitative estimate of drug-likeness (QED) is 0.865. The highest BCUT2D eigenvalue weighted by Gasteiger charge is 2.26. The van der Waals surface area contributed by atoms with Crippen LogP contribution in [0, 0.1) is 11.8 Å². The topological polar surface area (TPSA) is 12.0 Å². The first-order valence-corrected chi connectivity index (χ1v) is 7.54. The number of hydrogen-bond donors (Lipinski definition) is 1. The van der Waals surface area contributed by atoms with Crippen LogP contribution in [0.1, 0.15) is 31.7 Å². The minimum Gasteiger partial charge on any atom is -0.317 e. The van der Waals surface area contributed by atoms with E-state index >= 15 is 0 Å². The lowest BCUT2D eigenvalue weighted by Gasteiger charge is -2.20. The molecule has 0 amide bonds. The lowest BCUT2D eigenvalue weighted by molar-refractivity contribution is 0.368. The van der Waals surface area contributed by atoms with E-state index in [1.54, 1.807) is 0 Å². The molecule has 1 nitrogen and oxygen atoms in total. The molecule has 1 aromatic carbocycles. The number of nitrogens with one attached hydrogen (secondary N) is 1. The predicted molar refractivity (Wildman–Crippen MR) is 77.2 cm³/mol. The Hall–Kier alpha value is -0.340. The van der Waals surface area contributed by atoms with Gasteiger partial charge in [0.05, 0.1) is 0 Å². The Labute approximate surface area is 113 Å². The molecule has 2 atom stereocenters. The standard InChI is InChI=1S/C15H22BrN/c1-2-17-11-14-5-3-4-13(14)10-12-6-8-15(16)9-7-12/h6-9,13-14,17H,2-5,10-11H2,1H3. The molecule has 0 aromatic heterocycles. The van der Waals surface area contributed by atoms with Crippen LogP contribution in [0.4, 0.5) is 0 Å². The Kier molecular flexibility index (Phi) is 5.05. The Morgan fingerprint density at radius 2 is 1.88 bits per heavy atom. The molecule has 0 bridgehead atoms. The second-order valence-corrected chi connectivity index (χ2v) is 6.01. The third-order valence-corrected chi connectivity index (χ3v) is 4.41. The summed E-state index contributed by atoms with van der Waals surface area (Å²) in [7, 11) is 0. The van der Waals surface area contributed by atoms with E-state index in [-0.39, 0.29) is 0 Å². The van der Waals surface area contributed by atoms with Crippen molar-refractivity contribution in [2.75, 3.05) is 13.1 Å². The number of halogens is 1. The molecule has 1 fully saturated rings. The Morgan fingerprint density at radius 3 is 2.59 bits per heavy atom. The van der Waals surface area contributed by atoms with Gasteiger partial charge in [0.1, 0.15) is 0 Å². The van der Waals surface area contributed by atoms with Crippen LogP contribution in [-0.2, 0) is 6.42 Å². The van der Waals surface area contributed by atoms with Gasteiger partial charge in [0.15, 0.2) is 0 Å². The molecule has 0 spiro atoms. The first kappa shape index (κ1) is 13.1. The zero-order valence-electron chi connectivity index (χ0n) is 10.6. The highest BCUT2D eigenvalue weighted by molar-refractivity contribution is 9.10.